The summed E-state index contributed by atoms with van der Waals surface area (Å²) in [6.07, 6.45) is 5.31. The van der Waals surface area contributed by atoms with E-state index < -0.39 is 11.9 Å². The lowest BCUT2D eigenvalue weighted by Gasteiger charge is -2.31. The van der Waals surface area contributed by atoms with Gasteiger partial charge in [-0.25, -0.2) is 4.79 Å². The molecule has 0 radical (unpaired) electrons. The summed E-state index contributed by atoms with van der Waals surface area (Å²) in [6, 6.07) is 5.70. The Kier molecular flexibility index (Phi) is 10.8. The van der Waals surface area contributed by atoms with Crippen LogP contribution in [0.4, 0.5) is 4.79 Å². The van der Waals surface area contributed by atoms with Crippen molar-refractivity contribution < 1.29 is 28.7 Å². The van der Waals surface area contributed by atoms with E-state index in [1.807, 2.05) is 17.0 Å². The van der Waals surface area contributed by atoms with Gasteiger partial charge in [0.2, 0.25) is 5.91 Å². The lowest BCUT2D eigenvalue weighted by atomic mass is 9.83. The number of urea groups is 1. The van der Waals surface area contributed by atoms with Gasteiger partial charge in [0.15, 0.2) is 0 Å². The number of amides is 3. The Morgan fingerprint density at radius 3 is 2.55 bits per heavy atom. The number of carboxylic acid groups (broad SMARTS) is 1. The zero-order valence-corrected chi connectivity index (χ0v) is 26.4. The minimum Gasteiger partial charge on any atom is -0.493 e. The maximum absolute atomic E-state index is 13.8. The molecule has 1 N–H and O–H groups in total. The maximum atomic E-state index is 13.8. The Morgan fingerprint density at radius 1 is 1.12 bits per heavy atom. The number of ether oxygens (including phenoxy) is 1. The van der Waals surface area contributed by atoms with Gasteiger partial charge in [0, 0.05) is 64.7 Å². The number of carbonyl (C=O) groups excluding carboxylic acids is 2. The topological polar surface area (TPSA) is 93.6 Å². The van der Waals surface area contributed by atoms with E-state index in [2.05, 4.69) is 39.0 Å². The van der Waals surface area contributed by atoms with Crippen molar-refractivity contribution in [1.82, 2.24) is 19.6 Å². The molecule has 1 aromatic carbocycles. The Bertz CT molecular complexity index is 1110. The van der Waals surface area contributed by atoms with Gasteiger partial charge in [-0.05, 0) is 42.9 Å². The zero-order chi connectivity index (χ0) is 30.4. The smallest absolute Gasteiger partial charge is 0.319 e. The number of likely N-dealkylation sites (N-methyl/N-ethyl adjacent to an activating group) is 1. The molecule has 0 aromatic heterocycles. The minimum atomic E-state index is -0.843. The van der Waals surface area contributed by atoms with E-state index in [0.717, 1.165) is 73.1 Å². The fourth-order valence-corrected chi connectivity index (χ4v) is 6.70. The number of aliphatic carboxylic acids is 1. The molecule has 0 aliphatic carbocycles. The highest BCUT2D eigenvalue weighted by atomic mass is 16.5. The van der Waals surface area contributed by atoms with Crippen LogP contribution in [0, 0.1) is 5.92 Å². The number of benzene rings is 1. The molecule has 0 spiro atoms. The molecule has 3 aliphatic rings. The summed E-state index contributed by atoms with van der Waals surface area (Å²) in [4.78, 5) is 46.9. The standard InChI is InChI=1S/C32H51N5O5/c1-6-7-14-34(15-8-9-19-37(3,4)5)29(38)23-36-22-26(24-10-11-28-25(21-24)13-20-42-28)30(31(39)40)27(36)12-16-35-18-17-33(2)32(35)41/h10-11,21,26-27,30H,6-9,12-20,22-23H2,1-5H3/p+1. The van der Waals surface area contributed by atoms with Crippen molar-refractivity contribution in [3.8, 4) is 5.75 Å². The fourth-order valence-electron chi connectivity index (χ4n) is 6.70. The first-order valence-corrected chi connectivity index (χ1v) is 15.8. The van der Waals surface area contributed by atoms with Gasteiger partial charge >= 0.3 is 12.0 Å². The van der Waals surface area contributed by atoms with Crippen LogP contribution in [-0.2, 0) is 16.0 Å². The quantitative estimate of drug-likeness (QED) is 0.251. The third-order valence-electron chi connectivity index (χ3n) is 9.15. The van der Waals surface area contributed by atoms with Crippen LogP contribution in [-0.4, -0.2) is 140 Å². The average Bonchev–Trinajstić information content (AvgIpc) is 3.63. The number of fused-ring (bicyclic) bond motifs is 1. The normalized spacial score (nSPS) is 22.5. The maximum Gasteiger partial charge on any atom is 0.319 e. The van der Waals surface area contributed by atoms with Crippen molar-refractivity contribution in [3.63, 3.8) is 0 Å². The van der Waals surface area contributed by atoms with E-state index in [-0.39, 0.29) is 30.4 Å². The van der Waals surface area contributed by atoms with E-state index in [9.17, 15) is 19.5 Å². The number of carbonyl (C=O) groups is 3. The Labute approximate surface area is 251 Å². The molecule has 42 heavy (non-hydrogen) atoms. The summed E-state index contributed by atoms with van der Waals surface area (Å²) < 4.78 is 6.60. The molecule has 3 atom stereocenters. The Balaban J connectivity index is 1.53. The first-order chi connectivity index (χ1) is 20.0. The highest BCUT2D eigenvalue weighted by Gasteiger charge is 2.47. The third kappa shape index (κ3) is 7.95. The van der Waals surface area contributed by atoms with Gasteiger partial charge < -0.3 is 29.0 Å². The lowest BCUT2D eigenvalue weighted by Crippen LogP contribution is -2.46. The van der Waals surface area contributed by atoms with Gasteiger partial charge in [-0.3, -0.25) is 14.5 Å². The number of hydrogen-bond donors (Lipinski definition) is 1. The molecule has 3 heterocycles. The van der Waals surface area contributed by atoms with Crippen molar-refractivity contribution in [1.29, 1.82) is 0 Å². The van der Waals surface area contributed by atoms with E-state index in [4.69, 9.17) is 4.74 Å². The van der Waals surface area contributed by atoms with Crippen molar-refractivity contribution in [2.75, 3.05) is 87.2 Å². The molecule has 2 fully saturated rings. The summed E-state index contributed by atoms with van der Waals surface area (Å²) >= 11 is 0. The first-order valence-electron chi connectivity index (χ1n) is 15.8. The summed E-state index contributed by atoms with van der Waals surface area (Å²) in [7, 11) is 8.35. The Hall–Kier alpha value is -2.85. The van der Waals surface area contributed by atoms with Crippen LogP contribution < -0.4 is 4.74 Å². The molecule has 1 aromatic rings. The Morgan fingerprint density at radius 2 is 1.88 bits per heavy atom. The van der Waals surface area contributed by atoms with E-state index in [1.54, 1.807) is 16.8 Å². The van der Waals surface area contributed by atoms with Crippen LogP contribution in [0.5, 0.6) is 5.75 Å². The number of likely N-dealkylation sites (tertiary alicyclic amines) is 1. The van der Waals surface area contributed by atoms with Gasteiger partial charge in [-0.15, -0.1) is 0 Å². The molecule has 234 valence electrons. The SMILES string of the molecule is CCCCN(CCCC[N+](C)(C)C)C(=O)CN1CC(c2ccc3c(c2)CCO3)C(C(=O)O)C1CCN1CCN(C)C1=O. The molecule has 0 bridgehead atoms. The first kappa shape index (κ1) is 32.1. The van der Waals surface area contributed by atoms with Crippen LogP contribution in [0.2, 0.25) is 0 Å². The second kappa shape index (κ2) is 14.1. The number of nitrogens with zero attached hydrogens (tertiary/aromatic N) is 5. The fraction of sp³-hybridized carbons (Fsp3) is 0.719. The molecular weight excluding hydrogens is 534 g/mol. The van der Waals surface area contributed by atoms with Gasteiger partial charge in [0.1, 0.15) is 5.75 Å². The highest BCUT2D eigenvalue weighted by molar-refractivity contribution is 5.79. The summed E-state index contributed by atoms with van der Waals surface area (Å²) in [5, 5.41) is 10.5. The average molecular weight is 587 g/mol. The van der Waals surface area contributed by atoms with E-state index in [0.29, 0.717) is 39.2 Å². The molecular formula is C32H52N5O5+. The predicted octanol–water partition coefficient (Wildman–Crippen LogP) is 2.96. The molecule has 3 aliphatic heterocycles. The minimum absolute atomic E-state index is 0.0164. The molecule has 3 amide bonds. The number of quaternary nitrogens is 1. The second-order valence-corrected chi connectivity index (χ2v) is 13.4. The highest BCUT2D eigenvalue weighted by Crippen LogP contribution is 2.41. The van der Waals surface area contributed by atoms with Gasteiger partial charge in [-0.2, -0.15) is 0 Å². The van der Waals surface area contributed by atoms with Crippen molar-refractivity contribution in [2.24, 2.45) is 5.92 Å². The van der Waals surface area contributed by atoms with Gasteiger partial charge in [0.25, 0.3) is 0 Å². The summed E-state index contributed by atoms with van der Waals surface area (Å²) in [5.41, 5.74) is 2.11. The van der Waals surface area contributed by atoms with Gasteiger partial charge in [0.05, 0.1) is 46.8 Å². The molecule has 3 unspecified atom stereocenters. The number of hydrogen-bond acceptors (Lipinski definition) is 5. The second-order valence-electron chi connectivity index (χ2n) is 13.4. The van der Waals surface area contributed by atoms with Crippen LogP contribution in [0.3, 0.4) is 0 Å². The van der Waals surface area contributed by atoms with Crippen molar-refractivity contribution in [3.05, 3.63) is 29.3 Å². The van der Waals surface area contributed by atoms with Crippen LogP contribution in [0.25, 0.3) is 0 Å². The van der Waals surface area contributed by atoms with Crippen LogP contribution in [0.15, 0.2) is 18.2 Å². The van der Waals surface area contributed by atoms with E-state index >= 15 is 0 Å². The van der Waals surface area contributed by atoms with Crippen molar-refractivity contribution in [2.45, 2.75) is 57.4 Å². The van der Waals surface area contributed by atoms with Crippen molar-refractivity contribution >= 4 is 17.9 Å². The van der Waals surface area contributed by atoms with Crippen LogP contribution in [0.1, 0.15) is 56.1 Å². The molecule has 2 saturated heterocycles. The third-order valence-corrected chi connectivity index (χ3v) is 9.15. The molecule has 0 saturated carbocycles. The monoisotopic (exact) mass is 586 g/mol. The lowest BCUT2D eigenvalue weighted by molar-refractivity contribution is -0.870. The number of unbranched alkanes of at least 4 members (excludes halogenated alkanes) is 2. The predicted molar refractivity (Wildman–Crippen MR) is 163 cm³/mol. The molecule has 4 rings (SSSR count). The number of carboxylic acids is 1. The number of rotatable bonds is 15. The molecule has 10 heteroatoms. The summed E-state index contributed by atoms with van der Waals surface area (Å²) in [6.45, 7) is 7.80. The van der Waals surface area contributed by atoms with Gasteiger partial charge in [-0.1, -0.05) is 25.5 Å². The largest absolute Gasteiger partial charge is 0.493 e. The van der Waals surface area contributed by atoms with E-state index in [1.165, 1.54) is 0 Å². The summed E-state index contributed by atoms with van der Waals surface area (Å²) in [5.74, 6) is -0.799. The molecule has 10 nitrogen and oxygen atoms in total. The zero-order valence-electron chi connectivity index (χ0n) is 26.4. The van der Waals surface area contributed by atoms with Crippen LogP contribution >= 0.6 is 0 Å².